The summed E-state index contributed by atoms with van der Waals surface area (Å²) in [7, 11) is 0. The normalized spacial score (nSPS) is 10.7. The van der Waals surface area contributed by atoms with Gasteiger partial charge in [-0.05, 0) is 30.3 Å². The van der Waals surface area contributed by atoms with Crippen molar-refractivity contribution >= 4 is 44.2 Å². The van der Waals surface area contributed by atoms with E-state index in [-0.39, 0.29) is 12.3 Å². The van der Waals surface area contributed by atoms with E-state index in [1.807, 2.05) is 30.3 Å². The van der Waals surface area contributed by atoms with Gasteiger partial charge in [0.2, 0.25) is 5.91 Å². The second-order valence-electron chi connectivity index (χ2n) is 4.58. The molecule has 1 aromatic heterocycles. The summed E-state index contributed by atoms with van der Waals surface area (Å²) in [4.78, 5) is 12.1. The van der Waals surface area contributed by atoms with E-state index in [1.165, 1.54) is 0 Å². The molecule has 1 heterocycles. The molecule has 106 valence electrons. The summed E-state index contributed by atoms with van der Waals surface area (Å²) in [6.45, 7) is 0. The van der Waals surface area contributed by atoms with Gasteiger partial charge in [0.05, 0.1) is 17.8 Å². The lowest BCUT2D eigenvalue weighted by atomic mass is 10.1. The molecule has 6 heteroatoms. The van der Waals surface area contributed by atoms with Crippen LogP contribution >= 0.6 is 15.9 Å². The number of nitrogens with two attached hydrogens (primary N) is 1. The highest BCUT2D eigenvalue weighted by molar-refractivity contribution is 9.10. The van der Waals surface area contributed by atoms with Crippen LogP contribution in [0.5, 0.6) is 0 Å². The molecule has 0 aliphatic carbocycles. The minimum atomic E-state index is -0.192. The van der Waals surface area contributed by atoms with Crippen molar-refractivity contribution < 1.29 is 9.32 Å². The number of halogens is 1. The maximum Gasteiger partial charge on any atom is 0.230 e. The Hall–Kier alpha value is -2.34. The molecule has 21 heavy (non-hydrogen) atoms. The fraction of sp³-hybridized carbons (Fsp3) is 0.0667. The minimum Gasteiger partial charge on any atom is -0.397 e. The van der Waals surface area contributed by atoms with Gasteiger partial charge in [-0.25, -0.2) is 0 Å². The zero-order chi connectivity index (χ0) is 14.8. The molecule has 0 saturated carbocycles. The van der Waals surface area contributed by atoms with Gasteiger partial charge in [0.15, 0.2) is 5.58 Å². The number of fused-ring (bicyclic) bond motifs is 1. The van der Waals surface area contributed by atoms with Crippen LogP contribution in [0.4, 0.5) is 11.4 Å². The monoisotopic (exact) mass is 345 g/mol. The summed E-state index contributed by atoms with van der Waals surface area (Å²) in [6, 6.07) is 12.7. The molecule has 3 aromatic rings. The zero-order valence-electron chi connectivity index (χ0n) is 11.0. The highest BCUT2D eigenvalue weighted by atomic mass is 79.9. The predicted molar refractivity (Wildman–Crippen MR) is 84.9 cm³/mol. The third kappa shape index (κ3) is 2.90. The van der Waals surface area contributed by atoms with Crippen molar-refractivity contribution in [1.82, 2.24) is 5.16 Å². The van der Waals surface area contributed by atoms with Gasteiger partial charge in [-0.15, -0.1) is 0 Å². The largest absolute Gasteiger partial charge is 0.397 e. The summed E-state index contributed by atoms with van der Waals surface area (Å²) in [6.07, 6.45) is 0.131. The number of carbonyl (C=O) groups is 1. The number of hydrogen-bond donors (Lipinski definition) is 2. The Bertz CT molecular complexity index is 814. The molecule has 0 aliphatic rings. The highest BCUT2D eigenvalue weighted by Gasteiger charge is 2.13. The topological polar surface area (TPSA) is 81.1 Å². The Labute approximate surface area is 129 Å². The van der Waals surface area contributed by atoms with Gasteiger partial charge in [0.1, 0.15) is 5.69 Å². The molecule has 1 amide bonds. The van der Waals surface area contributed by atoms with E-state index in [0.717, 1.165) is 9.86 Å². The lowest BCUT2D eigenvalue weighted by Gasteiger charge is -2.07. The van der Waals surface area contributed by atoms with Gasteiger partial charge in [-0.1, -0.05) is 33.2 Å². The Morgan fingerprint density at radius 2 is 2.10 bits per heavy atom. The maximum atomic E-state index is 12.1. The molecule has 0 saturated heterocycles. The molecule has 3 N–H and O–H groups in total. The number of nitrogens with zero attached hydrogens (tertiary/aromatic N) is 1. The number of carbonyl (C=O) groups excluding carboxylic acids is 1. The summed E-state index contributed by atoms with van der Waals surface area (Å²) in [5.41, 5.74) is 8.22. The van der Waals surface area contributed by atoms with Gasteiger partial charge < -0.3 is 15.6 Å². The van der Waals surface area contributed by atoms with E-state index in [2.05, 4.69) is 26.4 Å². The lowest BCUT2D eigenvalue weighted by molar-refractivity contribution is -0.115. The van der Waals surface area contributed by atoms with Gasteiger partial charge in [0.25, 0.3) is 0 Å². The lowest BCUT2D eigenvalue weighted by Crippen LogP contribution is -2.15. The predicted octanol–water partition coefficient (Wildman–Crippen LogP) is 3.35. The zero-order valence-corrected chi connectivity index (χ0v) is 12.6. The van der Waals surface area contributed by atoms with E-state index in [4.69, 9.17) is 10.3 Å². The van der Waals surface area contributed by atoms with Crippen LogP contribution in [-0.4, -0.2) is 11.1 Å². The Morgan fingerprint density at radius 3 is 2.90 bits per heavy atom. The van der Waals surface area contributed by atoms with Crippen LogP contribution in [0.15, 0.2) is 51.5 Å². The minimum absolute atomic E-state index is 0.131. The maximum absolute atomic E-state index is 12.1. The molecular weight excluding hydrogens is 334 g/mol. The number of para-hydroxylation sites is 1. The van der Waals surface area contributed by atoms with Crippen molar-refractivity contribution in [1.29, 1.82) is 0 Å². The first-order valence-electron chi connectivity index (χ1n) is 6.31. The van der Waals surface area contributed by atoms with Gasteiger partial charge in [-0.3, -0.25) is 4.79 Å². The van der Waals surface area contributed by atoms with Crippen molar-refractivity contribution in [3.05, 3.63) is 52.6 Å². The molecule has 0 atom stereocenters. The average Bonchev–Trinajstić information content (AvgIpc) is 2.85. The standard InChI is InChI=1S/C15H12BrN3O2/c16-9-5-6-12(11(17)7-9)18-15(20)8-13-10-3-1-2-4-14(10)21-19-13/h1-7H,8,17H2,(H,18,20). The number of hydrogen-bond acceptors (Lipinski definition) is 4. The summed E-state index contributed by atoms with van der Waals surface area (Å²) in [5.74, 6) is -0.192. The van der Waals surface area contributed by atoms with Crippen molar-refractivity contribution in [2.24, 2.45) is 0 Å². The number of anilines is 2. The number of amides is 1. The molecule has 0 unspecified atom stereocenters. The van der Waals surface area contributed by atoms with Crippen LogP contribution in [0.1, 0.15) is 5.69 Å². The van der Waals surface area contributed by atoms with E-state index in [0.29, 0.717) is 22.7 Å². The number of nitrogen functional groups attached to an aromatic ring is 1. The van der Waals surface area contributed by atoms with Gasteiger partial charge >= 0.3 is 0 Å². The van der Waals surface area contributed by atoms with Crippen LogP contribution in [0.3, 0.4) is 0 Å². The molecule has 0 radical (unpaired) electrons. The average molecular weight is 346 g/mol. The van der Waals surface area contributed by atoms with Crippen LogP contribution in [0.25, 0.3) is 11.0 Å². The Balaban J connectivity index is 1.77. The summed E-state index contributed by atoms with van der Waals surface area (Å²) in [5, 5.41) is 7.56. The Morgan fingerprint density at radius 1 is 1.29 bits per heavy atom. The number of rotatable bonds is 3. The first-order valence-corrected chi connectivity index (χ1v) is 7.11. The third-order valence-electron chi connectivity index (χ3n) is 3.07. The first-order chi connectivity index (χ1) is 10.1. The van der Waals surface area contributed by atoms with Gasteiger partial charge in [0, 0.05) is 9.86 Å². The second kappa shape index (κ2) is 5.57. The summed E-state index contributed by atoms with van der Waals surface area (Å²) < 4.78 is 6.04. The van der Waals surface area contributed by atoms with E-state index < -0.39 is 0 Å². The number of benzene rings is 2. The fourth-order valence-corrected chi connectivity index (χ4v) is 2.44. The SMILES string of the molecule is Nc1cc(Br)ccc1NC(=O)Cc1noc2ccccc12. The smallest absolute Gasteiger partial charge is 0.230 e. The molecule has 3 rings (SSSR count). The number of aromatic nitrogens is 1. The third-order valence-corrected chi connectivity index (χ3v) is 3.56. The molecule has 0 aliphatic heterocycles. The Kier molecular flexibility index (Phi) is 3.62. The van der Waals surface area contributed by atoms with Crippen molar-refractivity contribution in [2.75, 3.05) is 11.1 Å². The van der Waals surface area contributed by atoms with Crippen LogP contribution in [0.2, 0.25) is 0 Å². The molecular formula is C15H12BrN3O2. The van der Waals surface area contributed by atoms with Crippen LogP contribution in [0, 0.1) is 0 Å². The fourth-order valence-electron chi connectivity index (χ4n) is 2.06. The second-order valence-corrected chi connectivity index (χ2v) is 5.50. The molecule has 0 bridgehead atoms. The molecule has 2 aromatic carbocycles. The first kappa shape index (κ1) is 13.6. The van der Waals surface area contributed by atoms with Crippen LogP contribution in [-0.2, 0) is 11.2 Å². The van der Waals surface area contributed by atoms with Crippen molar-refractivity contribution in [3.8, 4) is 0 Å². The molecule has 0 spiro atoms. The van der Waals surface area contributed by atoms with Crippen LogP contribution < -0.4 is 11.1 Å². The van der Waals surface area contributed by atoms with Crippen molar-refractivity contribution in [2.45, 2.75) is 6.42 Å². The van der Waals surface area contributed by atoms with Gasteiger partial charge in [-0.2, -0.15) is 0 Å². The van der Waals surface area contributed by atoms with E-state index in [9.17, 15) is 4.79 Å². The number of nitrogens with one attached hydrogen (secondary N) is 1. The molecule has 5 nitrogen and oxygen atoms in total. The van der Waals surface area contributed by atoms with Crippen molar-refractivity contribution in [3.63, 3.8) is 0 Å². The van der Waals surface area contributed by atoms with E-state index >= 15 is 0 Å². The summed E-state index contributed by atoms with van der Waals surface area (Å²) >= 11 is 3.32. The molecule has 0 fully saturated rings. The highest BCUT2D eigenvalue weighted by Crippen LogP contribution is 2.24. The van der Waals surface area contributed by atoms with E-state index in [1.54, 1.807) is 12.1 Å². The quantitative estimate of drug-likeness (QED) is 0.713.